The maximum Gasteiger partial charge on any atom is 0.122 e. The van der Waals surface area contributed by atoms with Crippen LogP contribution in [0.1, 0.15) is 36.0 Å². The van der Waals surface area contributed by atoms with Gasteiger partial charge < -0.3 is 10.1 Å². The first kappa shape index (κ1) is 13.4. The third-order valence-electron chi connectivity index (χ3n) is 4.02. The number of ether oxygens (including phenoxy) is 1. The van der Waals surface area contributed by atoms with Gasteiger partial charge in [0.2, 0.25) is 0 Å². The molecule has 1 aliphatic carbocycles. The Morgan fingerprint density at radius 2 is 1.94 bits per heavy atom. The van der Waals surface area contributed by atoms with E-state index in [2.05, 4.69) is 31.3 Å². The Hall–Kier alpha value is -1.02. The number of rotatable bonds is 6. The highest BCUT2D eigenvalue weighted by molar-refractivity contribution is 5.42. The lowest BCUT2D eigenvalue weighted by molar-refractivity contribution is 0.179. The summed E-state index contributed by atoms with van der Waals surface area (Å²) < 4.78 is 6.05. The van der Waals surface area contributed by atoms with Gasteiger partial charge in [0.05, 0.1) is 6.61 Å². The van der Waals surface area contributed by atoms with E-state index in [0.29, 0.717) is 0 Å². The Morgan fingerprint density at radius 3 is 2.56 bits per heavy atom. The van der Waals surface area contributed by atoms with Gasteiger partial charge in [0.1, 0.15) is 5.75 Å². The normalized spacial score (nSPS) is 15.5. The second-order valence-corrected chi connectivity index (χ2v) is 5.51. The summed E-state index contributed by atoms with van der Waals surface area (Å²) in [5, 5.41) is 3.21. The molecule has 0 spiro atoms. The second kappa shape index (κ2) is 6.24. The number of hydrogen-bond donors (Lipinski definition) is 1. The van der Waals surface area contributed by atoms with Crippen LogP contribution in [0.2, 0.25) is 0 Å². The molecule has 0 heterocycles. The molecule has 0 bridgehead atoms. The minimum Gasteiger partial charge on any atom is -0.493 e. The fourth-order valence-corrected chi connectivity index (χ4v) is 2.31. The molecular weight excluding hydrogens is 222 g/mol. The Balaban J connectivity index is 2.06. The van der Waals surface area contributed by atoms with E-state index in [9.17, 15) is 0 Å². The van der Waals surface area contributed by atoms with Crippen molar-refractivity contribution in [1.29, 1.82) is 0 Å². The number of hydrogen-bond acceptors (Lipinski definition) is 2. The molecule has 0 radical (unpaired) electrons. The van der Waals surface area contributed by atoms with Crippen LogP contribution in [0.25, 0.3) is 0 Å². The van der Waals surface area contributed by atoms with Crippen LogP contribution >= 0.6 is 0 Å². The van der Waals surface area contributed by atoms with Crippen LogP contribution in [0.4, 0.5) is 0 Å². The molecule has 2 heteroatoms. The lowest BCUT2D eigenvalue weighted by Gasteiger charge is -2.26. The summed E-state index contributed by atoms with van der Waals surface area (Å²) in [6.45, 7) is 6.23. The van der Waals surface area contributed by atoms with Crippen molar-refractivity contribution in [3.63, 3.8) is 0 Å². The zero-order valence-electron chi connectivity index (χ0n) is 11.9. The third kappa shape index (κ3) is 3.26. The lowest BCUT2D eigenvalue weighted by Crippen LogP contribution is -2.20. The van der Waals surface area contributed by atoms with Crippen LogP contribution in [-0.4, -0.2) is 20.2 Å². The molecule has 0 aliphatic heterocycles. The Labute approximate surface area is 111 Å². The van der Waals surface area contributed by atoms with E-state index in [1.54, 1.807) is 0 Å². The summed E-state index contributed by atoms with van der Waals surface area (Å²) in [6.07, 6.45) is 5.11. The minimum absolute atomic E-state index is 0.795. The molecular formula is C16H25NO. The highest BCUT2D eigenvalue weighted by atomic mass is 16.5. The largest absolute Gasteiger partial charge is 0.493 e. The van der Waals surface area contributed by atoms with Crippen molar-refractivity contribution in [3.05, 3.63) is 28.8 Å². The minimum atomic E-state index is 0.795. The van der Waals surface area contributed by atoms with Gasteiger partial charge in [-0.2, -0.15) is 0 Å². The van der Waals surface area contributed by atoms with E-state index in [1.807, 2.05) is 7.05 Å². The number of nitrogens with one attached hydrogen (secondary N) is 1. The molecule has 1 aromatic carbocycles. The van der Waals surface area contributed by atoms with Crippen LogP contribution < -0.4 is 10.1 Å². The number of likely N-dealkylation sites (N-methyl/N-ethyl adjacent to an activating group) is 1. The SMILES string of the molecule is CNCCc1cc(C)c(C)cc1OCC1CCC1. The smallest absolute Gasteiger partial charge is 0.122 e. The number of benzene rings is 1. The van der Waals surface area contributed by atoms with Gasteiger partial charge in [0.25, 0.3) is 0 Å². The standard InChI is InChI=1S/C16H25NO/c1-12-9-15(7-8-17-3)16(10-13(12)2)18-11-14-5-4-6-14/h9-10,14,17H,4-8,11H2,1-3H3. The molecule has 1 N–H and O–H groups in total. The van der Waals surface area contributed by atoms with Gasteiger partial charge in [-0.25, -0.2) is 0 Å². The summed E-state index contributed by atoms with van der Waals surface area (Å²) in [6, 6.07) is 4.49. The quantitative estimate of drug-likeness (QED) is 0.833. The van der Waals surface area contributed by atoms with Crippen molar-refractivity contribution in [2.45, 2.75) is 39.5 Å². The predicted molar refractivity (Wildman–Crippen MR) is 76.4 cm³/mol. The average Bonchev–Trinajstić information content (AvgIpc) is 2.29. The average molecular weight is 247 g/mol. The van der Waals surface area contributed by atoms with E-state index in [4.69, 9.17) is 4.74 Å². The maximum absolute atomic E-state index is 6.05. The highest BCUT2D eigenvalue weighted by Gasteiger charge is 2.18. The van der Waals surface area contributed by atoms with Crippen molar-refractivity contribution >= 4 is 0 Å². The molecule has 1 aliphatic rings. The van der Waals surface area contributed by atoms with Crippen LogP contribution in [-0.2, 0) is 6.42 Å². The Bertz CT molecular complexity index is 396. The van der Waals surface area contributed by atoms with Gasteiger partial charge >= 0.3 is 0 Å². The molecule has 2 nitrogen and oxygen atoms in total. The Morgan fingerprint density at radius 1 is 1.22 bits per heavy atom. The highest BCUT2D eigenvalue weighted by Crippen LogP contribution is 2.29. The maximum atomic E-state index is 6.05. The van der Waals surface area contributed by atoms with Gasteiger partial charge in [0.15, 0.2) is 0 Å². The van der Waals surface area contributed by atoms with Gasteiger partial charge in [-0.05, 0) is 75.4 Å². The topological polar surface area (TPSA) is 21.3 Å². The first-order chi connectivity index (χ1) is 8.70. The molecule has 1 fully saturated rings. The van der Waals surface area contributed by atoms with Crippen molar-refractivity contribution < 1.29 is 4.74 Å². The summed E-state index contributed by atoms with van der Waals surface area (Å²) in [5.74, 6) is 1.89. The summed E-state index contributed by atoms with van der Waals surface area (Å²) >= 11 is 0. The van der Waals surface area contributed by atoms with Gasteiger partial charge in [0, 0.05) is 0 Å². The molecule has 0 atom stereocenters. The molecule has 2 rings (SSSR count). The number of aryl methyl sites for hydroxylation is 2. The van der Waals surface area contributed by atoms with E-state index in [1.165, 1.54) is 36.0 Å². The van der Waals surface area contributed by atoms with E-state index in [0.717, 1.165) is 31.2 Å². The first-order valence-corrected chi connectivity index (χ1v) is 7.08. The molecule has 100 valence electrons. The third-order valence-corrected chi connectivity index (χ3v) is 4.02. The molecule has 0 amide bonds. The second-order valence-electron chi connectivity index (χ2n) is 5.51. The van der Waals surface area contributed by atoms with Crippen molar-refractivity contribution in [2.24, 2.45) is 5.92 Å². The summed E-state index contributed by atoms with van der Waals surface area (Å²) in [7, 11) is 2.00. The predicted octanol–water partition coefficient (Wildman–Crippen LogP) is 3.24. The molecule has 1 aromatic rings. The summed E-state index contributed by atoms with van der Waals surface area (Å²) in [5.41, 5.74) is 4.02. The first-order valence-electron chi connectivity index (χ1n) is 7.08. The van der Waals surface area contributed by atoms with Crippen molar-refractivity contribution in [2.75, 3.05) is 20.2 Å². The van der Waals surface area contributed by atoms with Crippen molar-refractivity contribution in [1.82, 2.24) is 5.32 Å². The zero-order valence-corrected chi connectivity index (χ0v) is 11.9. The van der Waals surface area contributed by atoms with Gasteiger partial charge in [-0.1, -0.05) is 12.5 Å². The molecule has 18 heavy (non-hydrogen) atoms. The van der Waals surface area contributed by atoms with Crippen LogP contribution in [0.5, 0.6) is 5.75 Å². The van der Waals surface area contributed by atoms with E-state index >= 15 is 0 Å². The summed E-state index contributed by atoms with van der Waals surface area (Å²) in [4.78, 5) is 0. The fraction of sp³-hybridized carbons (Fsp3) is 0.625. The van der Waals surface area contributed by atoms with E-state index < -0.39 is 0 Å². The lowest BCUT2D eigenvalue weighted by atomic mass is 9.86. The molecule has 0 aromatic heterocycles. The molecule has 0 unspecified atom stereocenters. The van der Waals surface area contributed by atoms with Crippen LogP contribution in [0.3, 0.4) is 0 Å². The van der Waals surface area contributed by atoms with Gasteiger partial charge in [-0.3, -0.25) is 0 Å². The monoisotopic (exact) mass is 247 g/mol. The van der Waals surface area contributed by atoms with Crippen LogP contribution in [0, 0.1) is 19.8 Å². The van der Waals surface area contributed by atoms with Gasteiger partial charge in [-0.15, -0.1) is 0 Å². The fourth-order valence-electron chi connectivity index (χ4n) is 2.31. The molecule has 1 saturated carbocycles. The molecule has 0 saturated heterocycles. The Kier molecular flexibility index (Phi) is 4.65. The van der Waals surface area contributed by atoms with Crippen molar-refractivity contribution in [3.8, 4) is 5.75 Å². The zero-order chi connectivity index (χ0) is 13.0. The van der Waals surface area contributed by atoms with E-state index in [-0.39, 0.29) is 0 Å². The van der Waals surface area contributed by atoms with Crippen LogP contribution in [0.15, 0.2) is 12.1 Å².